The summed E-state index contributed by atoms with van der Waals surface area (Å²) in [5, 5.41) is 4.13. The molecule has 1 aromatic carbocycles. The van der Waals surface area contributed by atoms with Gasteiger partial charge in [0.25, 0.3) is 5.91 Å². The summed E-state index contributed by atoms with van der Waals surface area (Å²) in [6.45, 7) is 2.07. The van der Waals surface area contributed by atoms with Crippen molar-refractivity contribution in [3.8, 4) is 0 Å². The van der Waals surface area contributed by atoms with Crippen molar-refractivity contribution in [2.45, 2.75) is 30.8 Å². The normalized spacial score (nSPS) is 22.5. The molecule has 1 spiro atoms. The van der Waals surface area contributed by atoms with Crippen LogP contribution >= 0.6 is 11.6 Å². The molecule has 1 amide bonds. The molecule has 0 saturated carbocycles. The van der Waals surface area contributed by atoms with E-state index < -0.39 is 0 Å². The minimum Gasteiger partial charge on any atom is -0.376 e. The molecule has 2 aromatic rings. The average molecular weight is 371 g/mol. The van der Waals surface area contributed by atoms with E-state index >= 15 is 0 Å². The van der Waals surface area contributed by atoms with Crippen molar-refractivity contribution in [3.63, 3.8) is 0 Å². The minimum absolute atomic E-state index is 0.00554. The number of carbonyl (C=O) groups excluding carboxylic acids is 1. The Hall–Kier alpha value is -2.18. The highest BCUT2D eigenvalue weighted by Gasteiger charge is 2.53. The Morgan fingerprint density at radius 3 is 2.65 bits per heavy atom. The van der Waals surface area contributed by atoms with Gasteiger partial charge < -0.3 is 15.0 Å². The smallest absolute Gasteiger partial charge is 0.257 e. The zero-order valence-electron chi connectivity index (χ0n) is 14.2. The number of hydrogen-bond acceptors (Lipinski definition) is 5. The Kier molecular flexibility index (Phi) is 3.65. The number of anilines is 1. The van der Waals surface area contributed by atoms with Gasteiger partial charge in [0.1, 0.15) is 0 Å². The van der Waals surface area contributed by atoms with Gasteiger partial charge in [0.2, 0.25) is 5.95 Å². The number of likely N-dealkylation sites (tertiary alicyclic amines) is 1. The monoisotopic (exact) mass is 370 g/mol. The van der Waals surface area contributed by atoms with E-state index in [1.807, 2.05) is 17.0 Å². The fraction of sp³-hybridized carbons (Fsp3) is 0.421. The van der Waals surface area contributed by atoms with E-state index in [0.29, 0.717) is 24.7 Å². The maximum Gasteiger partial charge on any atom is 0.257 e. The third-order valence-electron chi connectivity index (χ3n) is 5.69. The van der Waals surface area contributed by atoms with Gasteiger partial charge in [-0.15, -0.1) is 0 Å². The molecule has 3 aliphatic rings. The first-order valence-electron chi connectivity index (χ1n) is 8.89. The van der Waals surface area contributed by atoms with E-state index in [0.717, 1.165) is 30.8 Å². The molecule has 2 saturated heterocycles. The zero-order valence-corrected chi connectivity index (χ0v) is 15.0. The van der Waals surface area contributed by atoms with Crippen LogP contribution in [0.4, 0.5) is 5.95 Å². The van der Waals surface area contributed by atoms with Gasteiger partial charge in [0.15, 0.2) is 0 Å². The van der Waals surface area contributed by atoms with Gasteiger partial charge in [-0.05, 0) is 42.5 Å². The highest BCUT2D eigenvalue weighted by atomic mass is 35.5. The first-order chi connectivity index (χ1) is 12.6. The lowest BCUT2D eigenvalue weighted by Gasteiger charge is -2.57. The zero-order chi connectivity index (χ0) is 17.7. The maximum atomic E-state index is 12.6. The summed E-state index contributed by atoms with van der Waals surface area (Å²) in [4.78, 5) is 23.2. The van der Waals surface area contributed by atoms with Gasteiger partial charge >= 0.3 is 0 Å². The van der Waals surface area contributed by atoms with E-state index in [4.69, 9.17) is 16.3 Å². The number of halogens is 1. The number of amides is 1. The lowest BCUT2D eigenvalue weighted by Crippen LogP contribution is -2.72. The van der Waals surface area contributed by atoms with Crippen LogP contribution in [-0.2, 0) is 17.6 Å². The third-order valence-corrected chi connectivity index (χ3v) is 5.93. The van der Waals surface area contributed by atoms with Crippen molar-refractivity contribution in [1.82, 2.24) is 14.9 Å². The molecular weight excluding hydrogens is 352 g/mol. The topological polar surface area (TPSA) is 67.4 Å². The van der Waals surface area contributed by atoms with Crippen LogP contribution < -0.4 is 5.32 Å². The first-order valence-corrected chi connectivity index (χ1v) is 9.26. The molecule has 2 fully saturated rings. The van der Waals surface area contributed by atoms with E-state index in [2.05, 4.69) is 21.4 Å². The largest absolute Gasteiger partial charge is 0.376 e. The standard InChI is InChI=1S/C19H19ClN4O2/c20-15-2-1-12-6-16(7-13(12)5-15)23-18-21-8-14(9-22-18)17(25)24-4-3-19(24)10-26-11-19/h1-2,5,8-9,16H,3-4,6-7,10-11H2,(H,21,22,23). The lowest BCUT2D eigenvalue weighted by atomic mass is 9.82. The van der Waals surface area contributed by atoms with E-state index in [-0.39, 0.29) is 17.5 Å². The molecule has 3 heterocycles. The first kappa shape index (κ1) is 16.0. The van der Waals surface area contributed by atoms with E-state index in [1.54, 1.807) is 12.4 Å². The molecule has 1 unspecified atom stereocenters. The summed E-state index contributed by atoms with van der Waals surface area (Å²) in [7, 11) is 0. The molecule has 5 rings (SSSR count). The molecule has 1 aromatic heterocycles. The van der Waals surface area contributed by atoms with Gasteiger partial charge in [0, 0.05) is 30.0 Å². The van der Waals surface area contributed by atoms with Gasteiger partial charge in [-0.3, -0.25) is 4.79 Å². The van der Waals surface area contributed by atoms with Gasteiger partial charge in [-0.25, -0.2) is 9.97 Å². The predicted molar refractivity (Wildman–Crippen MR) is 97.5 cm³/mol. The number of nitrogens with zero attached hydrogens (tertiary/aromatic N) is 3. The van der Waals surface area contributed by atoms with Crippen molar-refractivity contribution in [3.05, 3.63) is 52.3 Å². The summed E-state index contributed by atoms with van der Waals surface area (Å²) in [5.74, 6) is 0.546. The van der Waals surface area contributed by atoms with Crippen molar-refractivity contribution >= 4 is 23.5 Å². The molecule has 6 nitrogen and oxygen atoms in total. The summed E-state index contributed by atoms with van der Waals surface area (Å²) in [5.41, 5.74) is 3.05. The second kappa shape index (κ2) is 5.93. The lowest BCUT2D eigenvalue weighted by molar-refractivity contribution is -0.172. The van der Waals surface area contributed by atoms with Crippen LogP contribution in [0, 0.1) is 0 Å². The molecule has 1 aliphatic carbocycles. The van der Waals surface area contributed by atoms with Gasteiger partial charge in [-0.2, -0.15) is 0 Å². The second-order valence-electron chi connectivity index (χ2n) is 7.38. The highest BCUT2D eigenvalue weighted by molar-refractivity contribution is 6.30. The SMILES string of the molecule is O=C(c1cnc(NC2Cc3ccc(Cl)cc3C2)nc1)N1CCC12COC2. The maximum absolute atomic E-state index is 12.6. The van der Waals surface area contributed by atoms with Crippen LogP contribution in [0.3, 0.4) is 0 Å². The molecule has 0 bridgehead atoms. The summed E-state index contributed by atoms with van der Waals surface area (Å²) in [6, 6.07) is 6.27. The Labute approximate surface area is 156 Å². The van der Waals surface area contributed by atoms with Crippen molar-refractivity contribution < 1.29 is 9.53 Å². The Balaban J connectivity index is 1.24. The van der Waals surface area contributed by atoms with E-state index in [1.165, 1.54) is 11.1 Å². The molecule has 1 N–H and O–H groups in total. The predicted octanol–water partition coefficient (Wildman–Crippen LogP) is 2.32. The molecule has 7 heteroatoms. The van der Waals surface area contributed by atoms with Crippen LogP contribution in [0.15, 0.2) is 30.6 Å². The van der Waals surface area contributed by atoms with Crippen molar-refractivity contribution in [2.75, 3.05) is 25.1 Å². The van der Waals surface area contributed by atoms with E-state index in [9.17, 15) is 4.79 Å². The molecule has 26 heavy (non-hydrogen) atoms. The van der Waals surface area contributed by atoms with Crippen LogP contribution in [0.25, 0.3) is 0 Å². The number of aromatic nitrogens is 2. The molecule has 2 aliphatic heterocycles. The fourth-order valence-electron chi connectivity index (χ4n) is 4.03. The second-order valence-corrected chi connectivity index (χ2v) is 7.82. The molecule has 1 atom stereocenters. The Bertz CT molecular complexity index is 861. The van der Waals surface area contributed by atoms with Crippen LogP contribution in [0.5, 0.6) is 0 Å². The number of rotatable bonds is 3. The van der Waals surface area contributed by atoms with Gasteiger partial charge in [0.05, 0.1) is 24.3 Å². The number of carbonyl (C=O) groups is 1. The number of nitrogens with one attached hydrogen (secondary N) is 1. The van der Waals surface area contributed by atoms with Crippen molar-refractivity contribution in [1.29, 1.82) is 0 Å². The number of benzene rings is 1. The minimum atomic E-state index is -0.0646. The molecule has 134 valence electrons. The highest BCUT2D eigenvalue weighted by Crippen LogP contribution is 2.38. The summed E-state index contributed by atoms with van der Waals surface area (Å²) in [6.07, 6.45) is 6.07. The Morgan fingerprint density at radius 1 is 1.23 bits per heavy atom. The Morgan fingerprint density at radius 2 is 2.00 bits per heavy atom. The fourth-order valence-corrected chi connectivity index (χ4v) is 4.23. The third kappa shape index (κ3) is 2.56. The molecule has 0 radical (unpaired) electrons. The molecular formula is C19H19ClN4O2. The average Bonchev–Trinajstić information content (AvgIpc) is 2.94. The van der Waals surface area contributed by atoms with Gasteiger partial charge in [-0.1, -0.05) is 17.7 Å². The summed E-state index contributed by atoms with van der Waals surface area (Å²) >= 11 is 6.07. The quantitative estimate of drug-likeness (QED) is 0.898. The van der Waals surface area contributed by atoms with Crippen LogP contribution in [0.2, 0.25) is 5.02 Å². The number of fused-ring (bicyclic) bond motifs is 1. The van der Waals surface area contributed by atoms with Crippen molar-refractivity contribution in [2.24, 2.45) is 0 Å². The van der Waals surface area contributed by atoms with Crippen LogP contribution in [-0.4, -0.2) is 52.1 Å². The number of hydrogen-bond donors (Lipinski definition) is 1. The number of ether oxygens (including phenoxy) is 1. The van der Waals surface area contributed by atoms with Crippen LogP contribution in [0.1, 0.15) is 27.9 Å². The summed E-state index contributed by atoms with van der Waals surface area (Å²) < 4.78 is 5.28.